The zero-order valence-electron chi connectivity index (χ0n) is 16.3. The van der Waals surface area contributed by atoms with Crippen LogP contribution in [-0.2, 0) is 4.79 Å². The smallest absolute Gasteiger partial charge is 0.262 e. The molecule has 6 nitrogen and oxygen atoms in total. The monoisotopic (exact) mass is 369 g/mol. The number of ether oxygens (including phenoxy) is 1. The van der Waals surface area contributed by atoms with Gasteiger partial charge in [-0.25, -0.2) is 0 Å². The molecule has 0 aliphatic heterocycles. The quantitative estimate of drug-likeness (QED) is 0.750. The fraction of sp³-hybridized carbons (Fsp3) is 0.333. The van der Waals surface area contributed by atoms with E-state index in [9.17, 15) is 9.59 Å². The third-order valence-electron chi connectivity index (χ3n) is 4.01. The Balaban J connectivity index is 1.91. The Morgan fingerprint density at radius 3 is 2.37 bits per heavy atom. The second-order valence-electron chi connectivity index (χ2n) is 6.70. The topological polar surface area (TPSA) is 70.7 Å². The molecular formula is C21H27N3O3. The first-order valence-electron chi connectivity index (χ1n) is 8.88. The number of likely N-dealkylation sites (N-methyl/N-ethyl adjacent to an activating group) is 1. The minimum absolute atomic E-state index is 0.0923. The number of nitrogens with zero attached hydrogens (tertiary/aromatic N) is 1. The molecule has 144 valence electrons. The summed E-state index contributed by atoms with van der Waals surface area (Å²) in [7, 11) is 3.89. The van der Waals surface area contributed by atoms with Crippen LogP contribution in [0, 0.1) is 13.8 Å². The van der Waals surface area contributed by atoms with E-state index in [4.69, 9.17) is 4.74 Å². The van der Waals surface area contributed by atoms with E-state index < -0.39 is 0 Å². The Bertz CT molecular complexity index is 783. The lowest BCUT2D eigenvalue weighted by Gasteiger charge is -2.13. The summed E-state index contributed by atoms with van der Waals surface area (Å²) < 4.78 is 5.66. The molecule has 0 aromatic heterocycles. The van der Waals surface area contributed by atoms with Gasteiger partial charge in [-0.05, 0) is 57.3 Å². The van der Waals surface area contributed by atoms with E-state index in [1.807, 2.05) is 51.0 Å². The maximum Gasteiger partial charge on any atom is 0.262 e. The summed E-state index contributed by atoms with van der Waals surface area (Å²) >= 11 is 0. The Hall–Kier alpha value is -2.86. The molecule has 2 aromatic rings. The molecule has 0 fully saturated rings. The molecule has 2 N–H and O–H groups in total. The molecule has 27 heavy (non-hydrogen) atoms. The summed E-state index contributed by atoms with van der Waals surface area (Å²) in [4.78, 5) is 26.4. The highest BCUT2D eigenvalue weighted by atomic mass is 16.5. The van der Waals surface area contributed by atoms with Crippen molar-refractivity contribution in [1.29, 1.82) is 0 Å². The van der Waals surface area contributed by atoms with Crippen LogP contribution in [0.15, 0.2) is 42.5 Å². The van der Waals surface area contributed by atoms with Gasteiger partial charge in [0.05, 0.1) is 0 Å². The molecule has 2 aromatic carbocycles. The number of carbonyl (C=O) groups excluding carboxylic acids is 2. The van der Waals surface area contributed by atoms with Crippen LogP contribution in [0.1, 0.15) is 21.5 Å². The molecule has 6 heteroatoms. The van der Waals surface area contributed by atoms with Crippen molar-refractivity contribution in [2.75, 3.05) is 39.1 Å². The maximum absolute atomic E-state index is 12.2. The number of amides is 2. The molecule has 0 aliphatic rings. The molecule has 2 amide bonds. The van der Waals surface area contributed by atoms with Gasteiger partial charge < -0.3 is 20.3 Å². The SMILES string of the molecule is Cc1cccc(C)c1OCC(=O)Nc1cccc(C(=O)NCCN(C)C)c1. The molecule has 0 spiro atoms. The van der Waals surface area contributed by atoms with Gasteiger partial charge in [0.25, 0.3) is 11.8 Å². The van der Waals surface area contributed by atoms with Gasteiger partial charge in [0.15, 0.2) is 6.61 Å². The Kier molecular flexibility index (Phi) is 7.37. The van der Waals surface area contributed by atoms with Gasteiger partial charge in [-0.2, -0.15) is 0 Å². The highest BCUT2D eigenvalue weighted by molar-refractivity contribution is 5.97. The molecule has 0 bridgehead atoms. The van der Waals surface area contributed by atoms with Crippen LogP contribution in [0.3, 0.4) is 0 Å². The van der Waals surface area contributed by atoms with Gasteiger partial charge >= 0.3 is 0 Å². The number of hydrogen-bond acceptors (Lipinski definition) is 4. The van der Waals surface area contributed by atoms with Crippen molar-refractivity contribution in [3.05, 3.63) is 59.2 Å². The molecule has 0 radical (unpaired) electrons. The molecule has 0 aliphatic carbocycles. The van der Waals surface area contributed by atoms with E-state index in [1.165, 1.54) is 0 Å². The van der Waals surface area contributed by atoms with Gasteiger partial charge in [0, 0.05) is 24.3 Å². The standard InChI is InChI=1S/C21H27N3O3/c1-15-7-5-8-16(2)20(15)27-14-19(25)23-18-10-6-9-17(13-18)21(26)22-11-12-24(3)4/h5-10,13H,11-12,14H2,1-4H3,(H,22,26)(H,23,25). The molecule has 0 heterocycles. The molecule has 0 saturated heterocycles. The number of para-hydroxylation sites is 1. The van der Waals surface area contributed by atoms with Crippen molar-refractivity contribution in [3.8, 4) is 5.75 Å². The number of rotatable bonds is 8. The average molecular weight is 369 g/mol. The van der Waals surface area contributed by atoms with Crippen LogP contribution in [0.2, 0.25) is 0 Å². The summed E-state index contributed by atoms with van der Waals surface area (Å²) in [6.07, 6.45) is 0. The van der Waals surface area contributed by atoms with Crippen LogP contribution in [0.25, 0.3) is 0 Å². The third-order valence-corrected chi connectivity index (χ3v) is 4.01. The van der Waals surface area contributed by atoms with E-state index in [2.05, 4.69) is 10.6 Å². The second-order valence-corrected chi connectivity index (χ2v) is 6.70. The first-order valence-corrected chi connectivity index (χ1v) is 8.88. The average Bonchev–Trinajstić information content (AvgIpc) is 2.61. The summed E-state index contributed by atoms with van der Waals surface area (Å²) in [5.74, 6) is 0.282. The normalized spacial score (nSPS) is 10.6. The first kappa shape index (κ1) is 20.5. The van der Waals surface area contributed by atoms with Crippen molar-refractivity contribution in [2.24, 2.45) is 0 Å². The largest absolute Gasteiger partial charge is 0.483 e. The van der Waals surface area contributed by atoms with E-state index in [0.29, 0.717) is 17.8 Å². The van der Waals surface area contributed by atoms with Crippen LogP contribution < -0.4 is 15.4 Å². The van der Waals surface area contributed by atoms with Crippen molar-refractivity contribution < 1.29 is 14.3 Å². The minimum Gasteiger partial charge on any atom is -0.483 e. The van der Waals surface area contributed by atoms with Gasteiger partial charge in [-0.15, -0.1) is 0 Å². The lowest BCUT2D eigenvalue weighted by Crippen LogP contribution is -2.31. The van der Waals surface area contributed by atoms with Crippen LogP contribution in [0.4, 0.5) is 5.69 Å². The molecular weight excluding hydrogens is 342 g/mol. The number of hydrogen-bond donors (Lipinski definition) is 2. The van der Waals surface area contributed by atoms with Crippen LogP contribution >= 0.6 is 0 Å². The van der Waals surface area contributed by atoms with Crippen molar-refractivity contribution in [3.63, 3.8) is 0 Å². The van der Waals surface area contributed by atoms with E-state index in [1.54, 1.807) is 24.3 Å². The number of aryl methyl sites for hydroxylation is 2. The number of nitrogens with one attached hydrogen (secondary N) is 2. The summed E-state index contributed by atoms with van der Waals surface area (Å²) in [6, 6.07) is 12.7. The number of anilines is 1. The highest BCUT2D eigenvalue weighted by Gasteiger charge is 2.10. The fourth-order valence-electron chi connectivity index (χ4n) is 2.59. The molecule has 0 saturated carbocycles. The Morgan fingerprint density at radius 2 is 1.70 bits per heavy atom. The fourth-order valence-corrected chi connectivity index (χ4v) is 2.59. The number of carbonyl (C=O) groups is 2. The Labute approximate surface area is 160 Å². The Morgan fingerprint density at radius 1 is 1.04 bits per heavy atom. The van der Waals surface area contributed by atoms with Crippen molar-refractivity contribution in [2.45, 2.75) is 13.8 Å². The van der Waals surface area contributed by atoms with Crippen LogP contribution in [0.5, 0.6) is 5.75 Å². The van der Waals surface area contributed by atoms with Gasteiger partial charge in [0.1, 0.15) is 5.75 Å². The minimum atomic E-state index is -0.275. The molecule has 2 rings (SSSR count). The third kappa shape index (κ3) is 6.42. The molecule has 0 atom stereocenters. The summed E-state index contributed by atoms with van der Waals surface area (Å²) in [5.41, 5.74) is 3.03. The lowest BCUT2D eigenvalue weighted by atomic mass is 10.1. The van der Waals surface area contributed by atoms with E-state index >= 15 is 0 Å². The second kappa shape index (κ2) is 9.73. The van der Waals surface area contributed by atoms with E-state index in [0.717, 1.165) is 23.4 Å². The van der Waals surface area contributed by atoms with Gasteiger partial charge in [-0.1, -0.05) is 24.3 Å². The predicted molar refractivity (Wildman–Crippen MR) is 107 cm³/mol. The van der Waals surface area contributed by atoms with Gasteiger partial charge in [-0.3, -0.25) is 9.59 Å². The summed E-state index contributed by atoms with van der Waals surface area (Å²) in [5, 5.41) is 5.62. The first-order chi connectivity index (χ1) is 12.9. The molecule has 0 unspecified atom stereocenters. The van der Waals surface area contributed by atoms with Crippen LogP contribution in [-0.4, -0.2) is 50.5 Å². The van der Waals surface area contributed by atoms with Crippen molar-refractivity contribution in [1.82, 2.24) is 10.2 Å². The zero-order chi connectivity index (χ0) is 19.8. The number of benzene rings is 2. The maximum atomic E-state index is 12.2. The highest BCUT2D eigenvalue weighted by Crippen LogP contribution is 2.22. The summed E-state index contributed by atoms with van der Waals surface area (Å²) in [6.45, 7) is 5.12. The van der Waals surface area contributed by atoms with Gasteiger partial charge in [0.2, 0.25) is 0 Å². The lowest BCUT2D eigenvalue weighted by molar-refractivity contribution is -0.118. The van der Waals surface area contributed by atoms with E-state index in [-0.39, 0.29) is 18.4 Å². The predicted octanol–water partition coefficient (Wildman–Crippen LogP) is 2.61. The zero-order valence-corrected chi connectivity index (χ0v) is 16.3. The van der Waals surface area contributed by atoms with Crippen molar-refractivity contribution >= 4 is 17.5 Å².